The molecular weight excluding hydrogens is 766 g/mol. The van der Waals surface area contributed by atoms with Crippen LogP contribution in [0.1, 0.15) is 142 Å². The van der Waals surface area contributed by atoms with Crippen LogP contribution in [0, 0.1) is 0 Å². The van der Waals surface area contributed by atoms with Crippen LogP contribution in [0.2, 0.25) is 0 Å². The van der Waals surface area contributed by atoms with E-state index in [4.69, 9.17) is 29.4 Å². The number of nitrogens with two attached hydrogens (primary N) is 1. The molecule has 0 rings (SSSR count). The van der Waals surface area contributed by atoms with Gasteiger partial charge in [-0.05, 0) is 77.0 Å². The summed E-state index contributed by atoms with van der Waals surface area (Å²) in [5.74, 6) is -1.93. The highest BCUT2D eigenvalue weighted by molar-refractivity contribution is 7.47. The molecule has 0 spiro atoms. The molecule has 4 N–H and O–H groups in total. The van der Waals surface area contributed by atoms with Gasteiger partial charge in [-0.1, -0.05) is 168 Å². The van der Waals surface area contributed by atoms with E-state index in [0.29, 0.717) is 13.0 Å². The molecule has 0 aliphatic rings. The minimum Gasteiger partial charge on any atom is -0.480 e. The molecule has 0 bridgehead atoms. The third kappa shape index (κ3) is 42.6. The Hall–Kier alpha value is -3.37. The lowest BCUT2D eigenvalue weighted by Gasteiger charge is -2.20. The van der Waals surface area contributed by atoms with Crippen LogP contribution in [-0.2, 0) is 32.7 Å². The van der Waals surface area contributed by atoms with Gasteiger partial charge < -0.3 is 25.2 Å². The van der Waals surface area contributed by atoms with Gasteiger partial charge in [0, 0.05) is 6.61 Å². The molecule has 0 aliphatic heterocycles. The van der Waals surface area contributed by atoms with Crippen molar-refractivity contribution in [1.29, 1.82) is 0 Å². The number of esters is 1. The summed E-state index contributed by atoms with van der Waals surface area (Å²) in [6.07, 6.45) is 57.5. The number of allylic oxidation sites excluding steroid dienone is 17. The van der Waals surface area contributed by atoms with Crippen LogP contribution in [0.15, 0.2) is 109 Å². The summed E-state index contributed by atoms with van der Waals surface area (Å²) in [5.41, 5.74) is 5.35. The van der Waals surface area contributed by atoms with Crippen molar-refractivity contribution in [2.75, 3.05) is 26.4 Å². The fourth-order valence-corrected chi connectivity index (χ4v) is 6.04. The lowest BCUT2D eigenvalue weighted by atomic mass is 10.1. The van der Waals surface area contributed by atoms with Crippen LogP contribution < -0.4 is 5.73 Å². The maximum atomic E-state index is 12.6. The molecule has 0 aliphatic carbocycles. The molecule has 0 aromatic carbocycles. The van der Waals surface area contributed by atoms with Gasteiger partial charge in [-0.2, -0.15) is 0 Å². The van der Waals surface area contributed by atoms with Crippen molar-refractivity contribution in [2.24, 2.45) is 5.73 Å². The molecule has 0 aromatic rings. The second kappa shape index (κ2) is 42.7. The van der Waals surface area contributed by atoms with Crippen molar-refractivity contribution in [3.05, 3.63) is 109 Å². The molecule has 0 aromatic heterocycles. The zero-order chi connectivity index (χ0) is 43.3. The first-order chi connectivity index (χ1) is 28.7. The van der Waals surface area contributed by atoms with E-state index < -0.39 is 45.1 Å². The number of phosphoric ester groups is 1. The number of hydrogen-bond acceptors (Lipinski definition) is 8. The third-order valence-corrected chi connectivity index (χ3v) is 9.53. The maximum Gasteiger partial charge on any atom is 0.472 e. The van der Waals surface area contributed by atoms with E-state index in [1.165, 1.54) is 38.5 Å². The van der Waals surface area contributed by atoms with Crippen molar-refractivity contribution in [3.63, 3.8) is 0 Å². The van der Waals surface area contributed by atoms with E-state index in [1.54, 1.807) is 6.08 Å². The summed E-state index contributed by atoms with van der Waals surface area (Å²) in [6.45, 7) is 3.49. The number of phosphoric acid groups is 1. The number of ether oxygens (including phenoxy) is 2. The lowest BCUT2D eigenvalue weighted by molar-refractivity contribution is -0.153. The molecule has 3 unspecified atom stereocenters. The van der Waals surface area contributed by atoms with Gasteiger partial charge in [0.25, 0.3) is 0 Å². The fourth-order valence-electron chi connectivity index (χ4n) is 5.26. The van der Waals surface area contributed by atoms with E-state index in [0.717, 1.165) is 77.0 Å². The molecule has 334 valence electrons. The molecular formula is C48H78NO9P. The molecule has 3 atom stereocenters. The van der Waals surface area contributed by atoms with Crippen LogP contribution in [0.5, 0.6) is 0 Å². The van der Waals surface area contributed by atoms with Gasteiger partial charge in [0.05, 0.1) is 26.2 Å². The number of carbonyl (C=O) groups is 2. The molecule has 10 nitrogen and oxygen atoms in total. The summed E-state index contributed by atoms with van der Waals surface area (Å²) in [7, 11) is -4.65. The van der Waals surface area contributed by atoms with Gasteiger partial charge in [-0.15, -0.1) is 0 Å². The number of carbonyl (C=O) groups excluding carboxylic acids is 1. The van der Waals surface area contributed by atoms with Gasteiger partial charge in [0.15, 0.2) is 0 Å². The van der Waals surface area contributed by atoms with Crippen molar-refractivity contribution in [3.8, 4) is 0 Å². The van der Waals surface area contributed by atoms with E-state index in [2.05, 4.69) is 105 Å². The SMILES string of the molecule is CC/C=C\C/C=C\C/C=C\C/C=C\C/C=C\CC(=O)OC(COCCCCCCCCCCC/C=C\C/C=C\C/C=C\C/C=C\CC)COP(=O)(O)OCC(N)C(=O)O. The number of carboxylic acid groups (broad SMARTS) is 1. The molecule has 0 saturated carbocycles. The van der Waals surface area contributed by atoms with E-state index in [-0.39, 0.29) is 13.0 Å². The van der Waals surface area contributed by atoms with Gasteiger partial charge in [0.2, 0.25) is 0 Å². The molecule has 0 amide bonds. The molecule has 59 heavy (non-hydrogen) atoms. The standard InChI is InChI=1S/C48H78NO9P/c1-3-5-7-9-11-13-15-17-19-20-21-22-23-24-25-27-29-31-33-35-37-39-41-55-42-45(43-56-59(53,54)57-44-46(49)48(51)52)58-47(50)40-38-36-34-32-30-28-26-18-16-14-12-10-8-6-4-2/h5-8,11-14,17-19,21-22,26,30,32,36,38,45-46H,3-4,9-10,15-16,20,23-25,27-29,31,33-35,37,39-44,49H2,1-2H3,(H,51,52)(H,53,54)/b7-5-,8-6-,13-11-,14-12-,19-17-,22-21-,26-18-,32-30-,38-36-. The van der Waals surface area contributed by atoms with Gasteiger partial charge in [-0.3, -0.25) is 18.6 Å². The van der Waals surface area contributed by atoms with Gasteiger partial charge >= 0.3 is 19.8 Å². The summed E-state index contributed by atoms with van der Waals surface area (Å²) < 4.78 is 33.2. The summed E-state index contributed by atoms with van der Waals surface area (Å²) in [4.78, 5) is 33.5. The Bertz CT molecular complexity index is 1350. The number of carboxylic acids is 1. The number of unbranched alkanes of at least 4 members (excludes halogenated alkanes) is 9. The highest BCUT2D eigenvalue weighted by Crippen LogP contribution is 2.43. The average Bonchev–Trinajstić information content (AvgIpc) is 3.21. The zero-order valence-electron chi connectivity index (χ0n) is 36.3. The predicted octanol–water partition coefficient (Wildman–Crippen LogP) is 12.3. The predicted molar refractivity (Wildman–Crippen MR) is 244 cm³/mol. The first-order valence-corrected chi connectivity index (χ1v) is 23.4. The first kappa shape index (κ1) is 55.6. The van der Waals surface area contributed by atoms with Crippen LogP contribution in [0.3, 0.4) is 0 Å². The van der Waals surface area contributed by atoms with Crippen LogP contribution in [-0.4, -0.2) is 60.5 Å². The van der Waals surface area contributed by atoms with E-state index in [1.807, 2.05) is 12.2 Å². The lowest BCUT2D eigenvalue weighted by Crippen LogP contribution is -2.34. The molecule has 0 radical (unpaired) electrons. The molecule has 0 saturated heterocycles. The topological polar surface area (TPSA) is 155 Å². The smallest absolute Gasteiger partial charge is 0.472 e. The minimum atomic E-state index is -4.65. The third-order valence-electron chi connectivity index (χ3n) is 8.58. The number of rotatable bonds is 40. The number of hydrogen-bond donors (Lipinski definition) is 3. The normalized spacial score (nSPS) is 14.9. The highest BCUT2D eigenvalue weighted by Gasteiger charge is 2.27. The second-order valence-electron chi connectivity index (χ2n) is 14.1. The fraction of sp³-hybridized carbons (Fsp3) is 0.583. The summed E-state index contributed by atoms with van der Waals surface area (Å²) >= 11 is 0. The minimum absolute atomic E-state index is 0.00998. The Morgan fingerprint density at radius 1 is 0.542 bits per heavy atom. The summed E-state index contributed by atoms with van der Waals surface area (Å²) in [6, 6.07) is -1.49. The van der Waals surface area contributed by atoms with Gasteiger partial charge in [0.1, 0.15) is 12.1 Å². The van der Waals surface area contributed by atoms with Crippen molar-refractivity contribution in [2.45, 2.75) is 154 Å². The Kier molecular flexibility index (Phi) is 40.3. The largest absolute Gasteiger partial charge is 0.480 e. The zero-order valence-corrected chi connectivity index (χ0v) is 37.2. The van der Waals surface area contributed by atoms with Crippen LogP contribution in [0.25, 0.3) is 0 Å². The van der Waals surface area contributed by atoms with Crippen molar-refractivity contribution < 1.29 is 42.7 Å². The monoisotopic (exact) mass is 844 g/mol. The van der Waals surface area contributed by atoms with E-state index in [9.17, 15) is 19.0 Å². The first-order valence-electron chi connectivity index (χ1n) is 21.9. The summed E-state index contributed by atoms with van der Waals surface area (Å²) in [5, 5.41) is 8.90. The maximum absolute atomic E-state index is 12.6. The Morgan fingerprint density at radius 3 is 1.39 bits per heavy atom. The molecule has 0 fully saturated rings. The second-order valence-corrected chi connectivity index (χ2v) is 15.5. The van der Waals surface area contributed by atoms with Crippen molar-refractivity contribution in [1.82, 2.24) is 0 Å². The Balaban J connectivity index is 4.34. The average molecular weight is 844 g/mol. The van der Waals surface area contributed by atoms with E-state index >= 15 is 0 Å². The van der Waals surface area contributed by atoms with Crippen LogP contribution in [0.4, 0.5) is 0 Å². The molecule has 0 heterocycles. The quantitative estimate of drug-likeness (QED) is 0.0235. The molecule has 11 heteroatoms. The Labute approximate surface area is 357 Å². The van der Waals surface area contributed by atoms with Crippen LogP contribution >= 0.6 is 7.82 Å². The van der Waals surface area contributed by atoms with Crippen molar-refractivity contribution >= 4 is 19.8 Å². The van der Waals surface area contributed by atoms with Gasteiger partial charge in [-0.25, -0.2) is 4.57 Å². The Morgan fingerprint density at radius 2 is 0.932 bits per heavy atom. The highest BCUT2D eigenvalue weighted by atomic mass is 31.2. The number of aliphatic carboxylic acids is 1.